The molecule has 0 saturated carbocycles. The lowest BCUT2D eigenvalue weighted by Gasteiger charge is -2.38. The number of carbonyl (C=O) groups is 2. The van der Waals surface area contributed by atoms with Gasteiger partial charge < -0.3 is 15.0 Å². The van der Waals surface area contributed by atoms with Crippen LogP contribution in [0.5, 0.6) is 0 Å². The summed E-state index contributed by atoms with van der Waals surface area (Å²) in [6.07, 6.45) is 3.23. The van der Waals surface area contributed by atoms with Crippen molar-refractivity contribution in [1.82, 2.24) is 10.2 Å². The summed E-state index contributed by atoms with van der Waals surface area (Å²) in [7, 11) is 0. The van der Waals surface area contributed by atoms with Crippen molar-refractivity contribution in [3.8, 4) is 0 Å². The molecule has 0 aromatic heterocycles. The first-order valence-corrected chi connectivity index (χ1v) is 9.34. The fraction of sp³-hybridized carbons (Fsp3) is 0.524. The third-order valence-electron chi connectivity index (χ3n) is 4.96. The first-order valence-electron chi connectivity index (χ1n) is 9.34. The zero-order valence-corrected chi connectivity index (χ0v) is 16.1. The summed E-state index contributed by atoms with van der Waals surface area (Å²) in [5.74, 6) is -0.482. The van der Waals surface area contributed by atoms with Crippen LogP contribution in [-0.4, -0.2) is 36.5 Å². The molecule has 0 radical (unpaired) electrons. The van der Waals surface area contributed by atoms with E-state index in [1.165, 1.54) is 6.42 Å². The Morgan fingerprint density at radius 1 is 1.19 bits per heavy atom. The minimum absolute atomic E-state index is 0.0325. The van der Waals surface area contributed by atoms with Gasteiger partial charge in [0.2, 0.25) is 0 Å². The molecule has 1 N–H and O–H groups in total. The number of carbonyl (C=O) groups excluding carboxylic acids is 2. The fourth-order valence-corrected chi connectivity index (χ4v) is 3.24. The van der Waals surface area contributed by atoms with Gasteiger partial charge in [0.25, 0.3) is 0 Å². The van der Waals surface area contributed by atoms with Gasteiger partial charge in [-0.3, -0.25) is 0 Å². The molecule has 5 heteroatoms. The van der Waals surface area contributed by atoms with E-state index in [9.17, 15) is 9.59 Å². The Hall–Kier alpha value is -2.30. The highest BCUT2D eigenvalue weighted by molar-refractivity contribution is 5.87. The number of rotatable bonds is 6. The molecular formula is C21H30N2O3. The molecule has 1 fully saturated rings. The van der Waals surface area contributed by atoms with Crippen molar-refractivity contribution >= 4 is 12.0 Å². The van der Waals surface area contributed by atoms with E-state index in [-0.39, 0.29) is 18.5 Å². The molecule has 1 aliphatic heterocycles. The molecule has 1 aromatic rings. The Bertz CT molecular complexity index is 636. The standard InChI is InChI=1S/C21H30N2O3/c1-16(2)19(24)26-21(17(3)4,18-11-7-5-8-12-18)15-22-20(25)23-13-9-6-10-14-23/h5,7-8,11-12,17H,1,6,9-10,13-15H2,2-4H3,(H,22,25). The van der Waals surface area contributed by atoms with Gasteiger partial charge in [-0.05, 0) is 37.7 Å². The monoisotopic (exact) mass is 358 g/mol. The summed E-state index contributed by atoms with van der Waals surface area (Å²) in [6.45, 7) is 11.1. The third kappa shape index (κ3) is 4.65. The molecule has 26 heavy (non-hydrogen) atoms. The Labute approximate surface area is 156 Å². The predicted molar refractivity (Wildman–Crippen MR) is 103 cm³/mol. The summed E-state index contributed by atoms with van der Waals surface area (Å²) in [5.41, 5.74) is 0.264. The second-order valence-corrected chi connectivity index (χ2v) is 7.29. The zero-order valence-electron chi connectivity index (χ0n) is 16.1. The second kappa shape index (κ2) is 8.88. The van der Waals surface area contributed by atoms with Gasteiger partial charge in [-0.1, -0.05) is 50.8 Å². The van der Waals surface area contributed by atoms with E-state index in [4.69, 9.17) is 4.74 Å². The fourth-order valence-electron chi connectivity index (χ4n) is 3.24. The lowest BCUT2D eigenvalue weighted by molar-refractivity contribution is -0.161. The number of hydrogen-bond acceptors (Lipinski definition) is 3. The van der Waals surface area contributed by atoms with E-state index in [0.717, 1.165) is 31.5 Å². The molecule has 0 bridgehead atoms. The van der Waals surface area contributed by atoms with Crippen LogP contribution < -0.4 is 5.32 Å². The van der Waals surface area contributed by atoms with E-state index in [1.807, 2.05) is 49.1 Å². The van der Waals surface area contributed by atoms with Crippen LogP contribution in [0.1, 0.15) is 45.6 Å². The lowest BCUT2D eigenvalue weighted by atomic mass is 9.82. The Morgan fingerprint density at radius 2 is 1.81 bits per heavy atom. The number of nitrogens with zero attached hydrogens (tertiary/aromatic N) is 1. The quantitative estimate of drug-likeness (QED) is 0.621. The van der Waals surface area contributed by atoms with E-state index in [1.54, 1.807) is 6.92 Å². The topological polar surface area (TPSA) is 58.6 Å². The Morgan fingerprint density at radius 3 is 2.35 bits per heavy atom. The molecule has 1 aromatic carbocycles. The number of esters is 1. The average Bonchev–Trinajstić information content (AvgIpc) is 2.65. The first-order chi connectivity index (χ1) is 12.4. The van der Waals surface area contributed by atoms with Crippen LogP contribution in [0.3, 0.4) is 0 Å². The second-order valence-electron chi connectivity index (χ2n) is 7.29. The summed E-state index contributed by atoms with van der Waals surface area (Å²) in [6, 6.07) is 9.50. The van der Waals surface area contributed by atoms with E-state index in [0.29, 0.717) is 5.57 Å². The molecule has 142 valence electrons. The maximum Gasteiger partial charge on any atom is 0.334 e. The maximum atomic E-state index is 12.6. The van der Waals surface area contributed by atoms with Gasteiger partial charge in [0, 0.05) is 18.7 Å². The number of likely N-dealkylation sites (tertiary alicyclic amines) is 1. The van der Waals surface area contributed by atoms with Gasteiger partial charge in [-0.15, -0.1) is 0 Å². The van der Waals surface area contributed by atoms with Crippen molar-refractivity contribution in [2.24, 2.45) is 5.92 Å². The van der Waals surface area contributed by atoms with Crippen LogP contribution in [0.15, 0.2) is 42.5 Å². The smallest absolute Gasteiger partial charge is 0.334 e. The number of piperidine rings is 1. The van der Waals surface area contributed by atoms with Crippen LogP contribution >= 0.6 is 0 Å². The molecule has 1 saturated heterocycles. The minimum Gasteiger partial charge on any atom is -0.449 e. The summed E-state index contributed by atoms with van der Waals surface area (Å²) in [5, 5.41) is 3.00. The molecule has 1 atom stereocenters. The molecular weight excluding hydrogens is 328 g/mol. The summed E-state index contributed by atoms with van der Waals surface area (Å²) in [4.78, 5) is 26.7. The zero-order chi connectivity index (χ0) is 19.2. The highest BCUT2D eigenvalue weighted by Gasteiger charge is 2.40. The van der Waals surface area contributed by atoms with E-state index >= 15 is 0 Å². The van der Waals surface area contributed by atoms with Crippen molar-refractivity contribution in [1.29, 1.82) is 0 Å². The van der Waals surface area contributed by atoms with Crippen LogP contribution in [0.2, 0.25) is 0 Å². The SMILES string of the molecule is C=C(C)C(=O)OC(CNC(=O)N1CCCCC1)(c1ccccc1)C(C)C. The summed E-state index contributed by atoms with van der Waals surface area (Å²) < 4.78 is 5.91. The van der Waals surface area contributed by atoms with Crippen LogP contribution in [0.4, 0.5) is 4.79 Å². The molecule has 0 aliphatic carbocycles. The van der Waals surface area contributed by atoms with Crippen molar-refractivity contribution in [2.75, 3.05) is 19.6 Å². The van der Waals surface area contributed by atoms with Crippen molar-refractivity contribution in [3.63, 3.8) is 0 Å². The lowest BCUT2D eigenvalue weighted by Crippen LogP contribution is -2.51. The summed E-state index contributed by atoms with van der Waals surface area (Å²) >= 11 is 0. The van der Waals surface area contributed by atoms with Crippen LogP contribution in [0.25, 0.3) is 0 Å². The van der Waals surface area contributed by atoms with Gasteiger partial charge in [0.15, 0.2) is 5.60 Å². The predicted octanol–water partition coefficient (Wildman–Crippen LogP) is 3.85. The average molecular weight is 358 g/mol. The Balaban J connectivity index is 2.25. The van der Waals surface area contributed by atoms with Crippen molar-refractivity contribution in [3.05, 3.63) is 48.0 Å². The van der Waals surface area contributed by atoms with Crippen LogP contribution in [-0.2, 0) is 15.1 Å². The van der Waals surface area contributed by atoms with Gasteiger partial charge in [0.05, 0.1) is 6.54 Å². The molecule has 1 aliphatic rings. The number of hydrogen-bond donors (Lipinski definition) is 1. The molecule has 1 unspecified atom stereocenters. The number of benzene rings is 1. The van der Waals surface area contributed by atoms with Crippen molar-refractivity contribution in [2.45, 2.75) is 45.6 Å². The molecule has 1 heterocycles. The van der Waals surface area contributed by atoms with Gasteiger partial charge in [-0.25, -0.2) is 9.59 Å². The normalized spacial score (nSPS) is 16.7. The number of urea groups is 1. The van der Waals surface area contributed by atoms with Gasteiger partial charge in [0.1, 0.15) is 0 Å². The molecule has 2 amide bonds. The first kappa shape index (κ1) is 20.0. The number of ether oxygens (including phenoxy) is 1. The molecule has 0 spiro atoms. The van der Waals surface area contributed by atoms with E-state index < -0.39 is 11.6 Å². The number of nitrogens with one attached hydrogen (secondary N) is 1. The highest BCUT2D eigenvalue weighted by Crippen LogP contribution is 2.34. The van der Waals surface area contributed by atoms with Gasteiger partial charge >= 0.3 is 12.0 Å². The maximum absolute atomic E-state index is 12.6. The minimum atomic E-state index is -0.942. The van der Waals surface area contributed by atoms with Crippen LogP contribution in [0, 0.1) is 5.92 Å². The van der Waals surface area contributed by atoms with E-state index in [2.05, 4.69) is 11.9 Å². The molecule has 2 rings (SSSR count). The Kier molecular flexibility index (Phi) is 6.83. The number of amides is 2. The highest BCUT2D eigenvalue weighted by atomic mass is 16.6. The largest absolute Gasteiger partial charge is 0.449 e. The molecule has 5 nitrogen and oxygen atoms in total. The van der Waals surface area contributed by atoms with Gasteiger partial charge in [-0.2, -0.15) is 0 Å². The van der Waals surface area contributed by atoms with Crippen molar-refractivity contribution < 1.29 is 14.3 Å². The third-order valence-corrected chi connectivity index (χ3v) is 4.96.